The Morgan fingerprint density at radius 2 is 2.04 bits per heavy atom. The Balaban J connectivity index is 2.28. The molecular weight excluding hydrogens is 362 g/mol. The highest BCUT2D eigenvalue weighted by atomic mass is 79.9. The lowest BCUT2D eigenvalue weighted by atomic mass is 10.0. The maximum atomic E-state index is 12.4. The van der Waals surface area contributed by atoms with Crippen LogP contribution in [0.15, 0.2) is 34.9 Å². The summed E-state index contributed by atoms with van der Waals surface area (Å²) in [5.74, 6) is -1.70. The lowest BCUT2D eigenvalue weighted by Gasteiger charge is -2.17. The molecule has 0 bridgehead atoms. The molecule has 0 saturated heterocycles. The van der Waals surface area contributed by atoms with Crippen molar-refractivity contribution in [3.8, 4) is 5.69 Å². The quantitative estimate of drug-likeness (QED) is 0.836. The zero-order chi connectivity index (χ0) is 17.1. The molecule has 0 aliphatic rings. The largest absolute Gasteiger partial charge is 0.480 e. The van der Waals surface area contributed by atoms with E-state index in [-0.39, 0.29) is 5.92 Å². The van der Waals surface area contributed by atoms with Crippen LogP contribution in [0.3, 0.4) is 0 Å². The molecule has 2 aromatic rings. The summed E-state index contributed by atoms with van der Waals surface area (Å²) in [5.41, 5.74) is 1.82. The number of carboxylic acids is 1. The number of carbonyl (C=O) groups is 2. The van der Waals surface area contributed by atoms with E-state index in [0.717, 1.165) is 10.2 Å². The Kier molecular flexibility index (Phi) is 5.20. The van der Waals surface area contributed by atoms with Gasteiger partial charge in [-0.2, -0.15) is 5.10 Å². The molecule has 2 N–H and O–H groups in total. The summed E-state index contributed by atoms with van der Waals surface area (Å²) in [4.78, 5) is 23.6. The molecule has 0 radical (unpaired) electrons. The molecule has 1 aromatic carbocycles. The maximum absolute atomic E-state index is 12.4. The van der Waals surface area contributed by atoms with E-state index in [1.807, 2.05) is 24.3 Å². The van der Waals surface area contributed by atoms with Crippen LogP contribution >= 0.6 is 15.9 Å². The van der Waals surface area contributed by atoms with Gasteiger partial charge in [0, 0.05) is 4.47 Å². The normalized spacial score (nSPS) is 12.2. The number of aromatic nitrogens is 2. The predicted octanol–water partition coefficient (Wildman–Crippen LogP) is 2.78. The molecule has 6 nitrogen and oxygen atoms in total. The van der Waals surface area contributed by atoms with Gasteiger partial charge in [-0.05, 0) is 31.0 Å². The number of nitrogens with one attached hydrogen (secondary N) is 1. The standard InChI is InChI=1S/C16H18BrN3O3/c1-9(2)14(16(22)23)19-15(21)13-8-18-20(10(13)3)12-6-4-5-11(17)7-12/h4-9,14H,1-3H3,(H,19,21)(H,22,23)/t14-/m1/s1. The summed E-state index contributed by atoms with van der Waals surface area (Å²) in [5, 5.41) is 16.0. The number of carbonyl (C=O) groups excluding carboxylic acids is 1. The van der Waals surface area contributed by atoms with E-state index >= 15 is 0 Å². The van der Waals surface area contributed by atoms with Crippen LogP contribution in [0.4, 0.5) is 0 Å². The average molecular weight is 380 g/mol. The van der Waals surface area contributed by atoms with Crippen molar-refractivity contribution in [3.63, 3.8) is 0 Å². The van der Waals surface area contributed by atoms with Gasteiger partial charge in [-0.3, -0.25) is 4.79 Å². The molecule has 0 spiro atoms. The minimum Gasteiger partial charge on any atom is -0.480 e. The minimum atomic E-state index is -1.05. The first-order chi connectivity index (χ1) is 10.8. The van der Waals surface area contributed by atoms with Crippen LogP contribution in [0.2, 0.25) is 0 Å². The van der Waals surface area contributed by atoms with Crippen LogP contribution in [0.1, 0.15) is 29.9 Å². The Hall–Kier alpha value is -2.15. The summed E-state index contributed by atoms with van der Waals surface area (Å²) < 4.78 is 2.55. The minimum absolute atomic E-state index is 0.211. The number of hydrogen-bond acceptors (Lipinski definition) is 3. The van der Waals surface area contributed by atoms with Gasteiger partial charge in [-0.25, -0.2) is 9.48 Å². The van der Waals surface area contributed by atoms with Crippen molar-refractivity contribution in [3.05, 3.63) is 46.2 Å². The third kappa shape index (κ3) is 3.79. The Morgan fingerprint density at radius 1 is 1.35 bits per heavy atom. The van der Waals surface area contributed by atoms with E-state index in [0.29, 0.717) is 11.3 Å². The first-order valence-electron chi connectivity index (χ1n) is 7.15. The molecule has 1 atom stereocenters. The third-order valence-corrected chi connectivity index (χ3v) is 4.02. The van der Waals surface area contributed by atoms with Crippen LogP contribution in [0.25, 0.3) is 5.69 Å². The monoisotopic (exact) mass is 379 g/mol. The first-order valence-corrected chi connectivity index (χ1v) is 7.94. The van der Waals surface area contributed by atoms with Gasteiger partial charge in [-0.15, -0.1) is 0 Å². The molecule has 2 rings (SSSR count). The summed E-state index contributed by atoms with van der Waals surface area (Å²) in [6, 6.07) is 6.60. The number of nitrogens with zero attached hydrogens (tertiary/aromatic N) is 2. The fourth-order valence-corrected chi connectivity index (χ4v) is 2.62. The van der Waals surface area contributed by atoms with Crippen LogP contribution in [-0.2, 0) is 4.79 Å². The van der Waals surface area contributed by atoms with Gasteiger partial charge in [0.15, 0.2) is 0 Å². The third-order valence-electron chi connectivity index (χ3n) is 3.53. The molecular formula is C16H18BrN3O3. The lowest BCUT2D eigenvalue weighted by molar-refractivity contribution is -0.140. The fourth-order valence-electron chi connectivity index (χ4n) is 2.23. The molecule has 0 fully saturated rings. The SMILES string of the molecule is Cc1c(C(=O)N[C@@H](C(=O)O)C(C)C)cnn1-c1cccc(Br)c1. The molecule has 0 saturated carbocycles. The number of rotatable bonds is 5. The smallest absolute Gasteiger partial charge is 0.326 e. The molecule has 1 aromatic heterocycles. The van der Waals surface area contributed by atoms with Gasteiger partial charge in [0.2, 0.25) is 0 Å². The average Bonchev–Trinajstić information content (AvgIpc) is 2.85. The summed E-state index contributed by atoms with van der Waals surface area (Å²) >= 11 is 3.40. The Morgan fingerprint density at radius 3 is 2.61 bits per heavy atom. The number of aliphatic carboxylic acids is 1. The Bertz CT molecular complexity index is 740. The second kappa shape index (κ2) is 6.95. The van der Waals surface area contributed by atoms with Gasteiger partial charge < -0.3 is 10.4 Å². The van der Waals surface area contributed by atoms with Crippen LogP contribution < -0.4 is 5.32 Å². The predicted molar refractivity (Wildman–Crippen MR) is 89.7 cm³/mol. The summed E-state index contributed by atoms with van der Waals surface area (Å²) in [6.45, 7) is 5.27. The van der Waals surface area contributed by atoms with Gasteiger partial charge in [0.25, 0.3) is 5.91 Å². The van der Waals surface area contributed by atoms with E-state index in [4.69, 9.17) is 0 Å². The molecule has 0 unspecified atom stereocenters. The van der Waals surface area contributed by atoms with E-state index in [2.05, 4.69) is 26.3 Å². The van der Waals surface area contributed by atoms with Crippen molar-refractivity contribution in [2.45, 2.75) is 26.8 Å². The van der Waals surface area contributed by atoms with E-state index in [9.17, 15) is 14.7 Å². The van der Waals surface area contributed by atoms with Crippen molar-refractivity contribution in [1.82, 2.24) is 15.1 Å². The number of benzene rings is 1. The summed E-state index contributed by atoms with van der Waals surface area (Å²) in [7, 11) is 0. The lowest BCUT2D eigenvalue weighted by Crippen LogP contribution is -2.44. The highest BCUT2D eigenvalue weighted by Crippen LogP contribution is 2.18. The first kappa shape index (κ1) is 17.2. The van der Waals surface area contributed by atoms with Crippen molar-refractivity contribution >= 4 is 27.8 Å². The second-order valence-electron chi connectivity index (χ2n) is 5.57. The van der Waals surface area contributed by atoms with Crippen molar-refractivity contribution in [2.75, 3.05) is 0 Å². The van der Waals surface area contributed by atoms with Crippen molar-refractivity contribution in [1.29, 1.82) is 0 Å². The van der Waals surface area contributed by atoms with Crippen LogP contribution in [0, 0.1) is 12.8 Å². The maximum Gasteiger partial charge on any atom is 0.326 e. The fraction of sp³-hybridized carbons (Fsp3) is 0.312. The van der Waals surface area contributed by atoms with Gasteiger partial charge in [-0.1, -0.05) is 35.8 Å². The van der Waals surface area contributed by atoms with E-state index in [1.54, 1.807) is 25.5 Å². The van der Waals surface area contributed by atoms with Crippen LogP contribution in [0.5, 0.6) is 0 Å². The number of amides is 1. The highest BCUT2D eigenvalue weighted by Gasteiger charge is 2.25. The highest BCUT2D eigenvalue weighted by molar-refractivity contribution is 9.10. The van der Waals surface area contributed by atoms with E-state index < -0.39 is 17.9 Å². The number of hydrogen-bond donors (Lipinski definition) is 2. The van der Waals surface area contributed by atoms with Gasteiger partial charge in [0.05, 0.1) is 23.1 Å². The number of halogens is 1. The molecule has 23 heavy (non-hydrogen) atoms. The molecule has 1 heterocycles. The van der Waals surface area contributed by atoms with Crippen LogP contribution in [-0.4, -0.2) is 32.8 Å². The molecule has 122 valence electrons. The zero-order valence-corrected chi connectivity index (χ0v) is 14.7. The molecule has 1 amide bonds. The zero-order valence-electron chi connectivity index (χ0n) is 13.1. The van der Waals surface area contributed by atoms with Crippen molar-refractivity contribution < 1.29 is 14.7 Å². The molecule has 0 aliphatic heterocycles. The molecule has 0 aliphatic carbocycles. The number of carboxylic acid groups (broad SMARTS) is 1. The van der Waals surface area contributed by atoms with Gasteiger partial charge >= 0.3 is 5.97 Å². The van der Waals surface area contributed by atoms with E-state index in [1.165, 1.54) is 6.20 Å². The topological polar surface area (TPSA) is 84.2 Å². The second-order valence-corrected chi connectivity index (χ2v) is 6.48. The molecule has 7 heteroatoms. The van der Waals surface area contributed by atoms with Gasteiger partial charge in [0.1, 0.15) is 6.04 Å². The van der Waals surface area contributed by atoms with Crippen molar-refractivity contribution in [2.24, 2.45) is 5.92 Å². The summed E-state index contributed by atoms with van der Waals surface area (Å²) in [6.07, 6.45) is 1.45. The Labute approximate surface area is 142 Å².